The monoisotopic (exact) mass is 476 g/mol. The van der Waals surface area contributed by atoms with Gasteiger partial charge in [0.15, 0.2) is 12.2 Å². The molecule has 2 aromatic rings. The quantitative estimate of drug-likeness (QED) is 0.154. The SMILES string of the molecule is CCCOCC(OC(=O)OC(COCCC)c1ccc([N+](=O)[O-])cc1)c1ccc([N+](=O)[O-])cc1. The van der Waals surface area contributed by atoms with E-state index in [0.29, 0.717) is 24.3 Å². The molecule has 0 spiro atoms. The molecule has 0 saturated heterocycles. The second kappa shape index (κ2) is 13.9. The normalized spacial score (nSPS) is 12.5. The van der Waals surface area contributed by atoms with E-state index in [0.717, 1.165) is 12.8 Å². The highest BCUT2D eigenvalue weighted by molar-refractivity contribution is 5.61. The van der Waals surface area contributed by atoms with Crippen LogP contribution in [0, 0.1) is 20.2 Å². The first-order valence-electron chi connectivity index (χ1n) is 10.9. The predicted molar refractivity (Wildman–Crippen MR) is 121 cm³/mol. The summed E-state index contributed by atoms with van der Waals surface area (Å²) in [7, 11) is 0. The average molecular weight is 476 g/mol. The van der Waals surface area contributed by atoms with Crippen LogP contribution in [0.5, 0.6) is 0 Å². The topological polar surface area (TPSA) is 140 Å². The number of non-ortho nitro benzene ring substituents is 2. The average Bonchev–Trinajstić information content (AvgIpc) is 2.83. The van der Waals surface area contributed by atoms with Crippen LogP contribution in [0.2, 0.25) is 0 Å². The molecule has 2 atom stereocenters. The Morgan fingerprint density at radius 2 is 1.09 bits per heavy atom. The molecule has 2 unspecified atom stereocenters. The number of nitrogens with zero attached hydrogens (tertiary/aromatic N) is 2. The van der Waals surface area contributed by atoms with E-state index in [1.54, 1.807) is 0 Å². The minimum atomic E-state index is -0.994. The Morgan fingerprint density at radius 3 is 1.38 bits per heavy atom. The zero-order valence-electron chi connectivity index (χ0n) is 19.1. The van der Waals surface area contributed by atoms with Crippen molar-refractivity contribution < 1.29 is 33.6 Å². The molecule has 2 aromatic carbocycles. The van der Waals surface area contributed by atoms with Crippen molar-refractivity contribution >= 4 is 17.5 Å². The van der Waals surface area contributed by atoms with E-state index >= 15 is 0 Å². The maximum atomic E-state index is 12.7. The zero-order valence-corrected chi connectivity index (χ0v) is 19.1. The van der Waals surface area contributed by atoms with E-state index in [-0.39, 0.29) is 24.6 Å². The lowest BCUT2D eigenvalue weighted by Gasteiger charge is -2.22. The molecule has 184 valence electrons. The summed E-state index contributed by atoms with van der Waals surface area (Å²) >= 11 is 0. The molecule has 0 aliphatic rings. The van der Waals surface area contributed by atoms with Crippen molar-refractivity contribution in [1.29, 1.82) is 0 Å². The van der Waals surface area contributed by atoms with Gasteiger partial charge in [0.1, 0.15) is 0 Å². The zero-order chi connectivity index (χ0) is 24.9. The first-order valence-corrected chi connectivity index (χ1v) is 10.9. The molecule has 11 nitrogen and oxygen atoms in total. The molecule has 0 N–H and O–H groups in total. The van der Waals surface area contributed by atoms with Gasteiger partial charge < -0.3 is 18.9 Å². The highest BCUT2D eigenvalue weighted by Crippen LogP contribution is 2.26. The van der Waals surface area contributed by atoms with Gasteiger partial charge in [0.2, 0.25) is 0 Å². The lowest BCUT2D eigenvalue weighted by molar-refractivity contribution is -0.385. The summed E-state index contributed by atoms with van der Waals surface area (Å²) < 4.78 is 22.0. The Labute approximate surface area is 196 Å². The van der Waals surface area contributed by atoms with E-state index < -0.39 is 28.2 Å². The number of carbonyl (C=O) groups is 1. The van der Waals surface area contributed by atoms with Gasteiger partial charge in [0.05, 0.1) is 23.1 Å². The van der Waals surface area contributed by atoms with E-state index in [4.69, 9.17) is 18.9 Å². The molecule has 0 aliphatic carbocycles. The molecule has 34 heavy (non-hydrogen) atoms. The third-order valence-electron chi connectivity index (χ3n) is 4.66. The third kappa shape index (κ3) is 8.41. The van der Waals surface area contributed by atoms with Crippen molar-refractivity contribution in [3.8, 4) is 0 Å². The number of hydrogen-bond donors (Lipinski definition) is 0. The largest absolute Gasteiger partial charge is 0.509 e. The summed E-state index contributed by atoms with van der Waals surface area (Å²) in [6.45, 7) is 4.82. The Morgan fingerprint density at radius 1 is 0.735 bits per heavy atom. The number of carbonyl (C=O) groups excluding carboxylic acids is 1. The van der Waals surface area contributed by atoms with Crippen LogP contribution in [0.4, 0.5) is 16.2 Å². The molecule has 0 fully saturated rings. The number of nitro benzene ring substituents is 2. The van der Waals surface area contributed by atoms with Crippen LogP contribution < -0.4 is 0 Å². The molecule has 0 saturated carbocycles. The van der Waals surface area contributed by atoms with E-state index in [1.807, 2.05) is 13.8 Å². The van der Waals surface area contributed by atoms with Gasteiger partial charge in [-0.15, -0.1) is 0 Å². The van der Waals surface area contributed by atoms with Gasteiger partial charge in [-0.05, 0) is 48.2 Å². The first kappa shape index (κ1) is 26.7. The number of rotatable bonds is 14. The lowest BCUT2D eigenvalue weighted by atomic mass is 10.1. The first-order chi connectivity index (χ1) is 16.3. The second-order valence-corrected chi connectivity index (χ2v) is 7.31. The molecule has 0 bridgehead atoms. The molecule has 0 amide bonds. The van der Waals surface area contributed by atoms with Crippen LogP contribution in [0.25, 0.3) is 0 Å². The third-order valence-corrected chi connectivity index (χ3v) is 4.66. The summed E-state index contributed by atoms with van der Waals surface area (Å²) in [5, 5.41) is 21.8. The van der Waals surface area contributed by atoms with Crippen molar-refractivity contribution in [2.45, 2.75) is 38.9 Å². The van der Waals surface area contributed by atoms with Crippen LogP contribution >= 0.6 is 0 Å². The van der Waals surface area contributed by atoms with Crippen molar-refractivity contribution in [3.63, 3.8) is 0 Å². The van der Waals surface area contributed by atoms with Crippen LogP contribution in [0.15, 0.2) is 48.5 Å². The van der Waals surface area contributed by atoms with Gasteiger partial charge in [0.25, 0.3) is 11.4 Å². The fourth-order valence-corrected chi connectivity index (χ4v) is 2.95. The predicted octanol–water partition coefficient (Wildman–Crippen LogP) is 5.29. The van der Waals surface area contributed by atoms with Crippen molar-refractivity contribution in [1.82, 2.24) is 0 Å². The van der Waals surface area contributed by atoms with E-state index in [2.05, 4.69) is 0 Å². The van der Waals surface area contributed by atoms with Gasteiger partial charge in [-0.2, -0.15) is 0 Å². The molecule has 2 rings (SSSR count). The van der Waals surface area contributed by atoms with Crippen LogP contribution in [-0.4, -0.2) is 42.4 Å². The maximum Gasteiger partial charge on any atom is 0.509 e. The van der Waals surface area contributed by atoms with Crippen molar-refractivity contribution in [2.24, 2.45) is 0 Å². The van der Waals surface area contributed by atoms with E-state index in [1.165, 1.54) is 48.5 Å². The Bertz CT molecular complexity index is 857. The Kier molecular flexibility index (Phi) is 10.9. The fraction of sp³-hybridized carbons (Fsp3) is 0.435. The molecule has 11 heteroatoms. The summed E-state index contributed by atoms with van der Waals surface area (Å²) in [6.07, 6.45) is -1.18. The molecule has 0 aliphatic heterocycles. The van der Waals surface area contributed by atoms with Gasteiger partial charge in [-0.25, -0.2) is 4.79 Å². The van der Waals surface area contributed by atoms with Crippen molar-refractivity contribution in [2.75, 3.05) is 26.4 Å². The summed E-state index contributed by atoms with van der Waals surface area (Å²) in [5.74, 6) is 0. The summed E-state index contributed by atoms with van der Waals surface area (Å²) in [6, 6.07) is 11.2. The molecular formula is C23H28N2O9. The number of nitro groups is 2. The fourth-order valence-electron chi connectivity index (χ4n) is 2.95. The summed E-state index contributed by atoms with van der Waals surface area (Å²) in [5.41, 5.74) is 0.831. The smallest absolute Gasteiger partial charge is 0.424 e. The minimum Gasteiger partial charge on any atom is -0.424 e. The number of hydrogen-bond acceptors (Lipinski definition) is 9. The molecule has 0 aromatic heterocycles. The van der Waals surface area contributed by atoms with Crippen molar-refractivity contribution in [3.05, 3.63) is 79.9 Å². The standard InChI is InChI=1S/C23H28N2O9/c1-3-13-31-15-21(17-5-9-19(10-6-17)24(27)28)33-23(26)34-22(16-32-14-4-2)18-7-11-20(12-8-18)25(29)30/h5-12,21-22H,3-4,13-16H2,1-2H3. The number of benzene rings is 2. The highest BCUT2D eigenvalue weighted by Gasteiger charge is 2.24. The molecule has 0 radical (unpaired) electrons. The van der Waals surface area contributed by atoms with Crippen LogP contribution in [0.1, 0.15) is 50.0 Å². The summed E-state index contributed by atoms with van der Waals surface area (Å²) in [4.78, 5) is 33.5. The minimum absolute atomic E-state index is 0.0370. The van der Waals surface area contributed by atoms with Gasteiger partial charge in [-0.3, -0.25) is 20.2 Å². The highest BCUT2D eigenvalue weighted by atomic mass is 16.7. The Balaban J connectivity index is 2.15. The van der Waals surface area contributed by atoms with Crippen LogP contribution in [-0.2, 0) is 18.9 Å². The number of ether oxygens (including phenoxy) is 4. The van der Waals surface area contributed by atoms with Gasteiger partial charge in [-0.1, -0.05) is 13.8 Å². The second-order valence-electron chi connectivity index (χ2n) is 7.31. The van der Waals surface area contributed by atoms with Gasteiger partial charge in [0, 0.05) is 37.5 Å². The van der Waals surface area contributed by atoms with Crippen LogP contribution in [0.3, 0.4) is 0 Å². The van der Waals surface area contributed by atoms with E-state index in [9.17, 15) is 25.0 Å². The Hall–Kier alpha value is -3.57. The molecule has 0 heterocycles. The van der Waals surface area contributed by atoms with Gasteiger partial charge >= 0.3 is 6.16 Å². The molecular weight excluding hydrogens is 448 g/mol. The lowest BCUT2D eigenvalue weighted by Crippen LogP contribution is -2.22. The maximum absolute atomic E-state index is 12.7.